The van der Waals surface area contributed by atoms with Crippen molar-refractivity contribution in [2.24, 2.45) is 0 Å². The van der Waals surface area contributed by atoms with E-state index in [1.54, 1.807) is 30.3 Å². The van der Waals surface area contributed by atoms with Crippen LogP contribution in [0.1, 0.15) is 10.4 Å². The highest BCUT2D eigenvalue weighted by molar-refractivity contribution is 7.93. The van der Waals surface area contributed by atoms with Gasteiger partial charge in [-0.1, -0.05) is 24.3 Å². The van der Waals surface area contributed by atoms with Gasteiger partial charge in [-0.05, 0) is 30.3 Å². The highest BCUT2D eigenvalue weighted by Gasteiger charge is 2.21. The molecule has 0 fully saturated rings. The zero-order chi connectivity index (χ0) is 19.6. The van der Waals surface area contributed by atoms with Crippen LogP contribution in [-0.4, -0.2) is 33.7 Å². The number of benzene rings is 3. The molecule has 0 aliphatic heterocycles. The summed E-state index contributed by atoms with van der Waals surface area (Å²) in [6.45, 7) is 0. The van der Waals surface area contributed by atoms with Crippen molar-refractivity contribution >= 4 is 32.5 Å². The van der Waals surface area contributed by atoms with Gasteiger partial charge in [-0.2, -0.15) is 0 Å². The number of carbonyl (C=O) groups is 1. The van der Waals surface area contributed by atoms with Crippen molar-refractivity contribution in [1.82, 2.24) is 0 Å². The fourth-order valence-electron chi connectivity index (χ4n) is 2.78. The zero-order valence-corrected chi connectivity index (χ0v) is 15.4. The summed E-state index contributed by atoms with van der Waals surface area (Å²) in [5, 5.41) is 10.3. The van der Waals surface area contributed by atoms with Crippen molar-refractivity contribution in [2.75, 3.05) is 18.9 Å². The molecule has 0 amide bonds. The summed E-state index contributed by atoms with van der Waals surface area (Å²) in [6, 6.07) is 13.9. The van der Waals surface area contributed by atoms with Gasteiger partial charge in [0, 0.05) is 10.8 Å². The summed E-state index contributed by atoms with van der Waals surface area (Å²) < 4.78 is 38.9. The molecule has 0 radical (unpaired) electrons. The average molecular weight is 387 g/mol. The van der Waals surface area contributed by atoms with Crippen LogP contribution >= 0.6 is 0 Å². The van der Waals surface area contributed by atoms with Gasteiger partial charge >= 0.3 is 5.97 Å². The molecule has 8 heteroatoms. The molecule has 3 rings (SSSR count). The third-order valence-electron chi connectivity index (χ3n) is 4.04. The van der Waals surface area contributed by atoms with Gasteiger partial charge in [0.05, 0.1) is 30.4 Å². The van der Waals surface area contributed by atoms with Gasteiger partial charge < -0.3 is 14.6 Å². The molecule has 0 saturated carbocycles. The second kappa shape index (κ2) is 7.16. The van der Waals surface area contributed by atoms with Crippen LogP contribution in [0, 0.1) is 0 Å². The lowest BCUT2D eigenvalue weighted by Crippen LogP contribution is -2.15. The van der Waals surface area contributed by atoms with E-state index in [0.29, 0.717) is 16.5 Å². The largest absolute Gasteiger partial charge is 0.496 e. The van der Waals surface area contributed by atoms with Gasteiger partial charge in [-0.25, -0.2) is 13.2 Å². The van der Waals surface area contributed by atoms with E-state index in [2.05, 4.69) is 4.72 Å². The first-order valence-electron chi connectivity index (χ1n) is 7.87. The molecule has 7 nitrogen and oxygen atoms in total. The molecule has 0 aliphatic rings. The Hall–Kier alpha value is -3.26. The Balaban J connectivity index is 2.13. The Morgan fingerprint density at radius 2 is 1.56 bits per heavy atom. The summed E-state index contributed by atoms with van der Waals surface area (Å²) >= 11 is 0. The third-order valence-corrected chi connectivity index (χ3v) is 5.47. The van der Waals surface area contributed by atoms with Gasteiger partial charge in [-0.15, -0.1) is 0 Å². The normalized spacial score (nSPS) is 11.2. The van der Waals surface area contributed by atoms with E-state index in [9.17, 15) is 13.2 Å². The smallest absolute Gasteiger partial charge is 0.335 e. The summed E-state index contributed by atoms with van der Waals surface area (Å²) in [7, 11) is -1.14. The number of fused-ring (bicyclic) bond motifs is 1. The minimum absolute atomic E-state index is 0.0392. The first-order chi connectivity index (χ1) is 12.9. The van der Waals surface area contributed by atoms with Crippen molar-refractivity contribution in [3.05, 3.63) is 60.2 Å². The first kappa shape index (κ1) is 18.5. The molecule has 27 heavy (non-hydrogen) atoms. The zero-order valence-electron chi connectivity index (χ0n) is 14.6. The number of hydrogen-bond acceptors (Lipinski definition) is 5. The second-order valence-corrected chi connectivity index (χ2v) is 7.29. The van der Waals surface area contributed by atoms with Crippen LogP contribution in [-0.2, 0) is 10.0 Å². The van der Waals surface area contributed by atoms with Gasteiger partial charge in [-0.3, -0.25) is 4.72 Å². The molecule has 0 bridgehead atoms. The summed E-state index contributed by atoms with van der Waals surface area (Å²) in [6.07, 6.45) is 0. The van der Waals surface area contributed by atoms with E-state index in [4.69, 9.17) is 14.6 Å². The van der Waals surface area contributed by atoms with Crippen LogP contribution in [0.5, 0.6) is 11.5 Å². The van der Waals surface area contributed by atoms with Crippen molar-refractivity contribution in [3.8, 4) is 11.5 Å². The second-order valence-electron chi connectivity index (χ2n) is 5.64. The molecular formula is C19H17NO6S. The Morgan fingerprint density at radius 3 is 2.19 bits per heavy atom. The lowest BCUT2D eigenvalue weighted by atomic mass is 10.1. The van der Waals surface area contributed by atoms with Gasteiger partial charge in [0.25, 0.3) is 10.0 Å². The number of anilines is 1. The van der Waals surface area contributed by atoms with Crippen molar-refractivity contribution in [2.45, 2.75) is 4.90 Å². The fraction of sp³-hybridized carbons (Fsp3) is 0.105. The van der Waals surface area contributed by atoms with Gasteiger partial charge in [0.2, 0.25) is 0 Å². The quantitative estimate of drug-likeness (QED) is 0.672. The van der Waals surface area contributed by atoms with E-state index in [1.165, 1.54) is 38.5 Å². The summed E-state index contributed by atoms with van der Waals surface area (Å²) in [4.78, 5) is 11.2. The van der Waals surface area contributed by atoms with Crippen molar-refractivity contribution in [3.63, 3.8) is 0 Å². The maximum atomic E-state index is 13.0. The molecule has 0 aliphatic carbocycles. The predicted octanol–water partition coefficient (Wildman–Crippen LogP) is 3.36. The molecule has 0 saturated heterocycles. The molecule has 0 aromatic heterocycles. The van der Waals surface area contributed by atoms with E-state index < -0.39 is 16.0 Å². The summed E-state index contributed by atoms with van der Waals surface area (Å²) in [5.74, 6) is -0.413. The SMILES string of the molecule is COc1ccc(C(=O)O)cc1NS(=O)(=O)c1ccc(OC)c2ccccc12. The number of rotatable bonds is 6. The van der Waals surface area contributed by atoms with Crippen LogP contribution in [0.25, 0.3) is 10.8 Å². The molecule has 0 spiro atoms. The number of hydrogen-bond donors (Lipinski definition) is 2. The number of carboxylic acids is 1. The molecular weight excluding hydrogens is 370 g/mol. The third kappa shape index (κ3) is 3.52. The molecule has 3 aromatic carbocycles. The molecule has 3 aromatic rings. The van der Waals surface area contributed by atoms with Crippen molar-refractivity contribution < 1.29 is 27.8 Å². The fourth-order valence-corrected chi connectivity index (χ4v) is 4.05. The van der Waals surface area contributed by atoms with Gasteiger partial charge in [0.15, 0.2) is 0 Å². The van der Waals surface area contributed by atoms with E-state index in [1.807, 2.05) is 0 Å². The van der Waals surface area contributed by atoms with Crippen LogP contribution in [0.3, 0.4) is 0 Å². The van der Waals surface area contributed by atoms with Crippen LogP contribution in [0.4, 0.5) is 5.69 Å². The number of methoxy groups -OCH3 is 2. The minimum Gasteiger partial charge on any atom is -0.496 e. The predicted molar refractivity (Wildman–Crippen MR) is 101 cm³/mol. The number of aromatic carboxylic acids is 1. The lowest BCUT2D eigenvalue weighted by molar-refractivity contribution is 0.0697. The number of nitrogens with one attached hydrogen (secondary N) is 1. The lowest BCUT2D eigenvalue weighted by Gasteiger charge is -2.15. The number of carboxylic acid groups (broad SMARTS) is 1. The van der Waals surface area contributed by atoms with E-state index >= 15 is 0 Å². The standard InChI is InChI=1S/C19H17NO6S/c1-25-16-9-10-18(14-6-4-3-5-13(14)16)27(23,24)20-15-11-12(19(21)22)7-8-17(15)26-2/h3-11,20H,1-2H3,(H,21,22). The Labute approximate surface area is 156 Å². The summed E-state index contributed by atoms with van der Waals surface area (Å²) in [5.41, 5.74) is -0.0228. The Morgan fingerprint density at radius 1 is 0.926 bits per heavy atom. The average Bonchev–Trinajstić information content (AvgIpc) is 2.66. The van der Waals surface area contributed by atoms with Crippen LogP contribution < -0.4 is 14.2 Å². The molecule has 2 N–H and O–H groups in total. The Kier molecular flexibility index (Phi) is 4.91. The topological polar surface area (TPSA) is 102 Å². The first-order valence-corrected chi connectivity index (χ1v) is 9.35. The maximum absolute atomic E-state index is 13.0. The highest BCUT2D eigenvalue weighted by atomic mass is 32.2. The van der Waals surface area contributed by atoms with Crippen molar-refractivity contribution in [1.29, 1.82) is 0 Å². The Bertz CT molecular complexity index is 1120. The molecule has 0 heterocycles. The number of ether oxygens (including phenoxy) is 2. The highest BCUT2D eigenvalue weighted by Crippen LogP contribution is 2.33. The maximum Gasteiger partial charge on any atom is 0.335 e. The minimum atomic E-state index is -4.02. The van der Waals surface area contributed by atoms with Gasteiger partial charge in [0.1, 0.15) is 11.5 Å². The van der Waals surface area contributed by atoms with E-state index in [0.717, 1.165) is 0 Å². The molecule has 0 unspecified atom stereocenters. The monoisotopic (exact) mass is 387 g/mol. The molecule has 0 atom stereocenters. The van der Waals surface area contributed by atoms with Crippen LogP contribution in [0.2, 0.25) is 0 Å². The van der Waals surface area contributed by atoms with Crippen LogP contribution in [0.15, 0.2) is 59.5 Å². The van der Waals surface area contributed by atoms with E-state index in [-0.39, 0.29) is 21.9 Å². The molecule has 140 valence electrons. The number of sulfonamides is 1.